The van der Waals surface area contributed by atoms with E-state index in [4.69, 9.17) is 0 Å². The molecule has 0 saturated heterocycles. The Kier molecular flexibility index (Phi) is 6.51. The summed E-state index contributed by atoms with van der Waals surface area (Å²) < 4.78 is 0. The highest BCUT2D eigenvalue weighted by molar-refractivity contribution is 6.00. The van der Waals surface area contributed by atoms with Crippen LogP contribution < -0.4 is 10.2 Å². The van der Waals surface area contributed by atoms with Crippen LogP contribution in [0.1, 0.15) is 68.4 Å². The molecule has 2 aromatic carbocycles. The van der Waals surface area contributed by atoms with Crippen molar-refractivity contribution >= 4 is 17.5 Å². The lowest BCUT2D eigenvalue weighted by Gasteiger charge is -2.24. The van der Waals surface area contributed by atoms with Crippen LogP contribution >= 0.6 is 0 Å². The van der Waals surface area contributed by atoms with Crippen molar-refractivity contribution in [3.05, 3.63) is 65.7 Å². The zero-order valence-electron chi connectivity index (χ0n) is 17.8. The summed E-state index contributed by atoms with van der Waals surface area (Å²) in [5, 5.41) is 3.08. The lowest BCUT2D eigenvalue weighted by molar-refractivity contribution is -0.127. The minimum absolute atomic E-state index is 0.00471. The summed E-state index contributed by atoms with van der Waals surface area (Å²) in [7, 11) is 1.82. The Bertz CT molecular complexity index is 874. The van der Waals surface area contributed by atoms with Crippen molar-refractivity contribution in [2.75, 3.05) is 11.9 Å². The number of benzene rings is 2. The Balaban J connectivity index is 1.52. The number of fused-ring (bicyclic) bond motifs is 1. The third-order valence-corrected chi connectivity index (χ3v) is 6.82. The molecule has 0 bridgehead atoms. The van der Waals surface area contributed by atoms with E-state index in [0.717, 1.165) is 17.7 Å². The Morgan fingerprint density at radius 1 is 1.00 bits per heavy atom. The largest absolute Gasteiger partial charge is 0.344 e. The van der Waals surface area contributed by atoms with Crippen molar-refractivity contribution in [2.24, 2.45) is 5.92 Å². The standard InChI is InChI=1S/C26H32N2O2/c1-28-24-15-9-8-14-21(24)22(20-12-6-3-7-13-20)18-23(26(28)30)27-25(29)17-16-19-10-4-2-5-11-19/h3,6-9,12-15,19,22-23H,2,4-5,10-11,16-18H2,1H3,(H,27,29). The summed E-state index contributed by atoms with van der Waals surface area (Å²) >= 11 is 0. The van der Waals surface area contributed by atoms with Gasteiger partial charge in [0.1, 0.15) is 6.04 Å². The topological polar surface area (TPSA) is 49.4 Å². The van der Waals surface area contributed by atoms with Crippen molar-refractivity contribution in [1.29, 1.82) is 0 Å². The first-order valence-electron chi connectivity index (χ1n) is 11.3. The number of nitrogens with zero attached hydrogens (tertiary/aromatic N) is 1. The molecule has 1 fully saturated rings. The monoisotopic (exact) mass is 404 g/mol. The predicted octanol–water partition coefficient (Wildman–Crippen LogP) is 5.03. The number of nitrogens with one attached hydrogen (secondary N) is 1. The Labute approximate surface area is 179 Å². The molecular formula is C26H32N2O2. The maximum atomic E-state index is 13.2. The molecule has 2 unspecified atom stereocenters. The van der Waals surface area contributed by atoms with E-state index in [1.165, 1.54) is 37.7 Å². The van der Waals surface area contributed by atoms with Gasteiger partial charge in [-0.05, 0) is 36.0 Å². The molecule has 1 heterocycles. The third-order valence-electron chi connectivity index (χ3n) is 6.82. The molecule has 1 aliphatic heterocycles. The van der Waals surface area contributed by atoms with Gasteiger partial charge in [-0.25, -0.2) is 0 Å². The van der Waals surface area contributed by atoms with Crippen LogP contribution in [0.4, 0.5) is 5.69 Å². The molecule has 2 aromatic rings. The number of para-hydroxylation sites is 1. The highest BCUT2D eigenvalue weighted by atomic mass is 16.2. The summed E-state index contributed by atoms with van der Waals surface area (Å²) in [5.41, 5.74) is 3.24. The predicted molar refractivity (Wildman–Crippen MR) is 120 cm³/mol. The fourth-order valence-corrected chi connectivity index (χ4v) is 5.10. The highest BCUT2D eigenvalue weighted by Crippen LogP contribution is 2.38. The second-order valence-corrected chi connectivity index (χ2v) is 8.82. The molecule has 158 valence electrons. The fourth-order valence-electron chi connectivity index (χ4n) is 5.10. The number of carbonyl (C=O) groups is 2. The molecule has 1 N–H and O–H groups in total. The van der Waals surface area contributed by atoms with E-state index in [2.05, 4.69) is 23.5 Å². The molecule has 1 saturated carbocycles. The summed E-state index contributed by atoms with van der Waals surface area (Å²) in [4.78, 5) is 27.7. The van der Waals surface area contributed by atoms with Crippen molar-refractivity contribution in [2.45, 2.75) is 63.3 Å². The zero-order chi connectivity index (χ0) is 20.9. The average molecular weight is 405 g/mol. The van der Waals surface area contributed by atoms with Gasteiger partial charge >= 0.3 is 0 Å². The van der Waals surface area contributed by atoms with Crippen molar-refractivity contribution in [1.82, 2.24) is 5.32 Å². The van der Waals surface area contributed by atoms with Crippen molar-refractivity contribution in [3.63, 3.8) is 0 Å². The van der Waals surface area contributed by atoms with Gasteiger partial charge in [0.15, 0.2) is 0 Å². The molecular weight excluding hydrogens is 372 g/mol. The summed E-state index contributed by atoms with van der Waals surface area (Å²) in [6, 6.07) is 17.9. The van der Waals surface area contributed by atoms with Gasteiger partial charge in [0, 0.05) is 25.1 Å². The lowest BCUT2D eigenvalue weighted by atomic mass is 9.85. The number of amides is 2. The number of hydrogen-bond donors (Lipinski definition) is 1. The third kappa shape index (κ3) is 4.58. The highest BCUT2D eigenvalue weighted by Gasteiger charge is 2.34. The zero-order valence-corrected chi connectivity index (χ0v) is 17.8. The Morgan fingerprint density at radius 2 is 1.70 bits per heavy atom. The molecule has 2 amide bonds. The summed E-state index contributed by atoms with van der Waals surface area (Å²) in [5.74, 6) is 0.704. The SMILES string of the molecule is CN1C(=O)C(NC(=O)CCC2CCCCC2)CC(c2ccccc2)c2ccccc21. The van der Waals surface area contributed by atoms with Gasteiger partial charge in [0.05, 0.1) is 0 Å². The van der Waals surface area contributed by atoms with E-state index in [1.54, 1.807) is 4.90 Å². The quantitative estimate of drug-likeness (QED) is 0.760. The number of rotatable bonds is 5. The molecule has 2 aliphatic rings. The van der Waals surface area contributed by atoms with Crippen LogP contribution in [0, 0.1) is 5.92 Å². The van der Waals surface area contributed by atoms with E-state index in [1.807, 2.05) is 43.4 Å². The van der Waals surface area contributed by atoms with Crippen LogP contribution in [-0.2, 0) is 9.59 Å². The number of hydrogen-bond acceptors (Lipinski definition) is 2. The first kappa shape index (κ1) is 20.6. The van der Waals surface area contributed by atoms with Gasteiger partial charge in [0.25, 0.3) is 0 Å². The minimum Gasteiger partial charge on any atom is -0.344 e. The summed E-state index contributed by atoms with van der Waals surface area (Å²) in [6.45, 7) is 0. The number of likely N-dealkylation sites (N-methyl/N-ethyl adjacent to an activating group) is 1. The molecule has 2 atom stereocenters. The maximum Gasteiger partial charge on any atom is 0.249 e. The molecule has 0 spiro atoms. The van der Waals surface area contributed by atoms with Gasteiger partial charge in [-0.2, -0.15) is 0 Å². The first-order chi connectivity index (χ1) is 14.6. The smallest absolute Gasteiger partial charge is 0.249 e. The molecule has 30 heavy (non-hydrogen) atoms. The van der Waals surface area contributed by atoms with Crippen LogP contribution in [0.3, 0.4) is 0 Å². The van der Waals surface area contributed by atoms with Gasteiger partial charge in [0.2, 0.25) is 11.8 Å². The molecule has 4 rings (SSSR count). The van der Waals surface area contributed by atoms with Gasteiger partial charge in [-0.15, -0.1) is 0 Å². The van der Waals surface area contributed by atoms with E-state index < -0.39 is 6.04 Å². The minimum atomic E-state index is -0.508. The van der Waals surface area contributed by atoms with E-state index in [-0.39, 0.29) is 17.7 Å². The normalized spacial score (nSPS) is 22.3. The lowest BCUT2D eigenvalue weighted by Crippen LogP contribution is -2.47. The Morgan fingerprint density at radius 3 is 2.47 bits per heavy atom. The molecule has 0 aromatic heterocycles. The molecule has 4 heteroatoms. The van der Waals surface area contributed by atoms with Crippen LogP contribution in [0.15, 0.2) is 54.6 Å². The van der Waals surface area contributed by atoms with E-state index in [0.29, 0.717) is 18.8 Å². The second kappa shape index (κ2) is 9.46. The van der Waals surface area contributed by atoms with Gasteiger partial charge in [-0.3, -0.25) is 9.59 Å². The fraction of sp³-hybridized carbons (Fsp3) is 0.462. The number of anilines is 1. The van der Waals surface area contributed by atoms with E-state index >= 15 is 0 Å². The Hall–Kier alpha value is -2.62. The molecule has 0 radical (unpaired) electrons. The van der Waals surface area contributed by atoms with E-state index in [9.17, 15) is 9.59 Å². The average Bonchev–Trinajstić information content (AvgIpc) is 2.90. The molecule has 1 aliphatic carbocycles. The number of carbonyl (C=O) groups excluding carboxylic acids is 2. The van der Waals surface area contributed by atoms with Crippen LogP contribution in [-0.4, -0.2) is 24.9 Å². The van der Waals surface area contributed by atoms with Crippen LogP contribution in [0.2, 0.25) is 0 Å². The summed E-state index contributed by atoms with van der Waals surface area (Å²) in [6.07, 6.45) is 8.41. The maximum absolute atomic E-state index is 13.2. The van der Waals surface area contributed by atoms with Gasteiger partial charge in [-0.1, -0.05) is 80.6 Å². The van der Waals surface area contributed by atoms with Crippen LogP contribution in [0.5, 0.6) is 0 Å². The van der Waals surface area contributed by atoms with Crippen molar-refractivity contribution < 1.29 is 9.59 Å². The van der Waals surface area contributed by atoms with Crippen LogP contribution in [0.25, 0.3) is 0 Å². The van der Waals surface area contributed by atoms with Gasteiger partial charge < -0.3 is 10.2 Å². The second-order valence-electron chi connectivity index (χ2n) is 8.82. The van der Waals surface area contributed by atoms with Crippen molar-refractivity contribution in [3.8, 4) is 0 Å². The molecule has 4 nitrogen and oxygen atoms in total. The first-order valence-corrected chi connectivity index (χ1v) is 11.3.